The van der Waals surface area contributed by atoms with Crippen molar-refractivity contribution in [3.8, 4) is 11.6 Å². The second-order valence-corrected chi connectivity index (χ2v) is 5.51. The molecule has 4 aromatic rings. The Hall–Kier alpha value is -2.89. The monoisotopic (exact) mass is 292 g/mol. The van der Waals surface area contributed by atoms with Gasteiger partial charge in [0.1, 0.15) is 24.3 Å². The van der Waals surface area contributed by atoms with Crippen LogP contribution in [0.4, 0.5) is 0 Å². The van der Waals surface area contributed by atoms with Gasteiger partial charge in [-0.15, -0.1) is 0 Å². The van der Waals surface area contributed by atoms with Crippen LogP contribution in [-0.4, -0.2) is 29.3 Å². The van der Waals surface area contributed by atoms with Gasteiger partial charge in [0.15, 0.2) is 0 Å². The highest BCUT2D eigenvalue weighted by Gasteiger charge is 2.12. The van der Waals surface area contributed by atoms with E-state index in [1.165, 1.54) is 17.7 Å². The molecule has 6 nitrogen and oxygen atoms in total. The fraction of sp³-hybridized carbons (Fsp3) is 0.188. The van der Waals surface area contributed by atoms with Gasteiger partial charge in [-0.05, 0) is 44.5 Å². The third-order valence-electron chi connectivity index (χ3n) is 3.90. The number of aromatic amines is 1. The van der Waals surface area contributed by atoms with Crippen molar-refractivity contribution in [3.63, 3.8) is 0 Å². The molecule has 4 heterocycles. The third kappa shape index (κ3) is 1.84. The van der Waals surface area contributed by atoms with E-state index in [4.69, 9.17) is 4.98 Å². The number of hydrogen-bond acceptors (Lipinski definition) is 3. The smallest absolute Gasteiger partial charge is 0.140 e. The largest absolute Gasteiger partial charge is 0.338 e. The maximum absolute atomic E-state index is 4.84. The van der Waals surface area contributed by atoms with Gasteiger partial charge in [-0.3, -0.25) is 0 Å². The third-order valence-corrected chi connectivity index (χ3v) is 3.90. The van der Waals surface area contributed by atoms with Crippen LogP contribution in [-0.2, 0) is 0 Å². The van der Waals surface area contributed by atoms with Gasteiger partial charge in [0.05, 0.1) is 11.0 Å². The van der Waals surface area contributed by atoms with Crippen molar-refractivity contribution in [2.75, 3.05) is 0 Å². The average Bonchev–Trinajstić information content (AvgIpc) is 3.18. The Balaban J connectivity index is 1.93. The summed E-state index contributed by atoms with van der Waals surface area (Å²) >= 11 is 0. The molecule has 22 heavy (non-hydrogen) atoms. The molecule has 0 unspecified atom stereocenters. The molecule has 0 spiro atoms. The number of pyridine rings is 1. The first-order chi connectivity index (χ1) is 10.6. The Morgan fingerprint density at radius 1 is 1.05 bits per heavy atom. The van der Waals surface area contributed by atoms with Gasteiger partial charge in [0.25, 0.3) is 0 Å². The molecule has 6 heteroatoms. The molecule has 0 radical (unpaired) electrons. The van der Waals surface area contributed by atoms with Gasteiger partial charge in [0.2, 0.25) is 0 Å². The van der Waals surface area contributed by atoms with E-state index in [9.17, 15) is 0 Å². The van der Waals surface area contributed by atoms with Crippen LogP contribution in [0.2, 0.25) is 0 Å². The van der Waals surface area contributed by atoms with Crippen molar-refractivity contribution in [1.29, 1.82) is 0 Å². The Bertz CT molecular complexity index is 939. The van der Waals surface area contributed by atoms with E-state index in [0.29, 0.717) is 0 Å². The summed E-state index contributed by atoms with van der Waals surface area (Å²) in [5.74, 6) is 1.83. The van der Waals surface area contributed by atoms with Crippen LogP contribution in [0.1, 0.15) is 17.0 Å². The second kappa shape index (κ2) is 4.56. The maximum atomic E-state index is 4.84. The zero-order chi connectivity index (χ0) is 15.3. The zero-order valence-corrected chi connectivity index (χ0v) is 12.7. The van der Waals surface area contributed by atoms with Gasteiger partial charge in [0, 0.05) is 17.5 Å². The van der Waals surface area contributed by atoms with E-state index < -0.39 is 0 Å². The standard InChI is InChI=1S/C16H16N6/c1-10-6-13-14(7-15(19-13)21-9-17-8-18-21)20-16(10)22-11(2)4-5-12(22)3/h4-9,19H,1-3H3. The molecule has 1 N–H and O–H groups in total. The fourth-order valence-electron chi connectivity index (χ4n) is 2.82. The molecule has 0 saturated carbocycles. The van der Waals surface area contributed by atoms with E-state index >= 15 is 0 Å². The first-order valence-corrected chi connectivity index (χ1v) is 7.14. The molecular formula is C16H16N6. The van der Waals surface area contributed by atoms with Crippen LogP contribution < -0.4 is 0 Å². The lowest BCUT2D eigenvalue weighted by Gasteiger charge is -2.11. The molecule has 0 aliphatic carbocycles. The number of fused-ring (bicyclic) bond motifs is 1. The summed E-state index contributed by atoms with van der Waals surface area (Å²) < 4.78 is 3.87. The molecule has 4 rings (SSSR count). The molecule has 0 bridgehead atoms. The SMILES string of the molecule is Cc1cc2[nH]c(-n3cncn3)cc2nc1-n1c(C)ccc1C. The highest BCUT2D eigenvalue weighted by Crippen LogP contribution is 2.23. The minimum Gasteiger partial charge on any atom is -0.338 e. The van der Waals surface area contributed by atoms with Crippen molar-refractivity contribution in [2.24, 2.45) is 0 Å². The lowest BCUT2D eigenvalue weighted by atomic mass is 10.2. The number of H-pyrrole nitrogens is 1. The molecular weight excluding hydrogens is 276 g/mol. The van der Waals surface area contributed by atoms with E-state index in [1.54, 1.807) is 11.0 Å². The van der Waals surface area contributed by atoms with Crippen LogP contribution in [0, 0.1) is 20.8 Å². The molecule has 0 saturated heterocycles. The molecule has 0 aromatic carbocycles. The van der Waals surface area contributed by atoms with Gasteiger partial charge in [-0.1, -0.05) is 0 Å². The Morgan fingerprint density at radius 3 is 2.50 bits per heavy atom. The quantitative estimate of drug-likeness (QED) is 0.618. The highest BCUT2D eigenvalue weighted by molar-refractivity contribution is 5.80. The lowest BCUT2D eigenvalue weighted by molar-refractivity contribution is 0.856. The van der Waals surface area contributed by atoms with E-state index in [2.05, 4.69) is 58.6 Å². The summed E-state index contributed by atoms with van der Waals surface area (Å²) in [5.41, 5.74) is 5.40. The predicted molar refractivity (Wildman–Crippen MR) is 84.5 cm³/mol. The van der Waals surface area contributed by atoms with Crippen molar-refractivity contribution < 1.29 is 0 Å². The Kier molecular flexibility index (Phi) is 2.66. The molecule has 110 valence electrons. The van der Waals surface area contributed by atoms with Gasteiger partial charge < -0.3 is 9.55 Å². The fourth-order valence-corrected chi connectivity index (χ4v) is 2.82. The molecule has 0 atom stereocenters. The topological polar surface area (TPSA) is 64.3 Å². The number of nitrogens with zero attached hydrogens (tertiary/aromatic N) is 5. The first-order valence-electron chi connectivity index (χ1n) is 7.14. The van der Waals surface area contributed by atoms with Crippen LogP contribution in [0.3, 0.4) is 0 Å². The zero-order valence-electron chi connectivity index (χ0n) is 12.7. The van der Waals surface area contributed by atoms with Gasteiger partial charge in [-0.25, -0.2) is 14.6 Å². The lowest BCUT2D eigenvalue weighted by Crippen LogP contribution is -2.04. The number of aryl methyl sites for hydroxylation is 3. The second-order valence-electron chi connectivity index (χ2n) is 5.51. The molecule has 0 aliphatic rings. The van der Waals surface area contributed by atoms with Gasteiger partial charge >= 0.3 is 0 Å². The van der Waals surface area contributed by atoms with Gasteiger partial charge in [-0.2, -0.15) is 5.10 Å². The minimum atomic E-state index is 0.859. The maximum Gasteiger partial charge on any atom is 0.140 e. The van der Waals surface area contributed by atoms with E-state index in [-0.39, 0.29) is 0 Å². The molecule has 0 fully saturated rings. The van der Waals surface area contributed by atoms with Crippen LogP contribution in [0.5, 0.6) is 0 Å². The number of aromatic nitrogens is 6. The van der Waals surface area contributed by atoms with Crippen LogP contribution >= 0.6 is 0 Å². The minimum absolute atomic E-state index is 0.859. The van der Waals surface area contributed by atoms with Crippen molar-refractivity contribution in [3.05, 3.63) is 53.9 Å². The first kappa shape index (κ1) is 12.8. The molecule has 0 amide bonds. The Morgan fingerprint density at radius 2 is 1.82 bits per heavy atom. The van der Waals surface area contributed by atoms with Crippen molar-refractivity contribution in [2.45, 2.75) is 20.8 Å². The number of nitrogens with one attached hydrogen (secondary N) is 1. The molecule has 4 aromatic heterocycles. The summed E-state index contributed by atoms with van der Waals surface area (Å²) in [7, 11) is 0. The number of rotatable bonds is 2. The average molecular weight is 292 g/mol. The predicted octanol–water partition coefficient (Wildman–Crippen LogP) is 2.86. The molecule has 0 aliphatic heterocycles. The normalized spacial score (nSPS) is 11.4. The van der Waals surface area contributed by atoms with E-state index in [0.717, 1.165) is 28.2 Å². The summed E-state index contributed by atoms with van der Waals surface area (Å²) in [6.07, 6.45) is 3.18. The summed E-state index contributed by atoms with van der Waals surface area (Å²) in [6.45, 7) is 6.27. The van der Waals surface area contributed by atoms with Crippen LogP contribution in [0.15, 0.2) is 36.9 Å². The van der Waals surface area contributed by atoms with E-state index in [1.807, 2.05) is 6.07 Å². The summed E-state index contributed by atoms with van der Waals surface area (Å²) in [4.78, 5) is 12.1. The summed E-state index contributed by atoms with van der Waals surface area (Å²) in [6, 6.07) is 8.33. The number of hydrogen-bond donors (Lipinski definition) is 1. The van der Waals surface area contributed by atoms with Crippen molar-refractivity contribution in [1.82, 2.24) is 29.3 Å². The summed E-state index contributed by atoms with van der Waals surface area (Å²) in [5, 5.41) is 4.15. The highest BCUT2D eigenvalue weighted by atomic mass is 15.3. The van der Waals surface area contributed by atoms with Crippen molar-refractivity contribution >= 4 is 11.0 Å². The Labute approximate surface area is 127 Å². The van der Waals surface area contributed by atoms with Crippen LogP contribution in [0.25, 0.3) is 22.7 Å².